The third kappa shape index (κ3) is 8.87. The van der Waals surface area contributed by atoms with Gasteiger partial charge in [-0.05, 0) is 6.92 Å². The normalized spacial score (nSPS) is 12.6. The molecule has 0 aromatic rings. The highest BCUT2D eigenvalue weighted by molar-refractivity contribution is 5.82. The topological polar surface area (TPSA) is 167 Å². The highest BCUT2D eigenvalue weighted by atomic mass is 16.4. The molecule has 0 aromatic carbocycles. The van der Waals surface area contributed by atoms with E-state index in [1.807, 2.05) is 0 Å². The Morgan fingerprint density at radius 1 is 1.07 bits per heavy atom. The first-order valence-electron chi connectivity index (χ1n) is 3.31. The third-order valence-corrected chi connectivity index (χ3v) is 0.805. The summed E-state index contributed by atoms with van der Waals surface area (Å²) in [6.45, 7) is 1.93. The molecule has 0 radical (unpaired) electrons. The van der Waals surface area contributed by atoms with Crippen molar-refractivity contribution in [2.45, 2.75) is 19.1 Å². The number of carbonyl (C=O) groups is 2. The fourth-order valence-electron chi connectivity index (χ4n) is 0.270. The molecule has 0 aliphatic rings. The van der Waals surface area contributed by atoms with Gasteiger partial charge >= 0.3 is 11.9 Å². The van der Waals surface area contributed by atoms with Crippen LogP contribution in [0.5, 0.6) is 0 Å². The van der Waals surface area contributed by atoms with Crippen LogP contribution in [-0.2, 0) is 9.59 Å². The van der Waals surface area contributed by atoms with Gasteiger partial charge in [-0.3, -0.25) is 0 Å². The molecule has 7 N–H and O–H groups in total. The van der Waals surface area contributed by atoms with Gasteiger partial charge in [0.25, 0.3) is 0 Å². The summed E-state index contributed by atoms with van der Waals surface area (Å²) in [7, 11) is 0. The van der Waals surface area contributed by atoms with E-state index in [1.165, 1.54) is 0 Å². The van der Waals surface area contributed by atoms with Crippen molar-refractivity contribution in [3.05, 3.63) is 0 Å². The van der Waals surface area contributed by atoms with Crippen LogP contribution in [0.1, 0.15) is 6.92 Å². The number of aliphatic carboxylic acids is 2. The van der Waals surface area contributed by atoms with Gasteiger partial charge in [-0.25, -0.2) is 9.59 Å². The van der Waals surface area contributed by atoms with Crippen molar-refractivity contribution >= 4 is 11.9 Å². The predicted octanol–water partition coefficient (Wildman–Crippen LogP) is -2.95. The molecule has 2 unspecified atom stereocenters. The lowest BCUT2D eigenvalue weighted by molar-refractivity contribution is -0.165. The van der Waals surface area contributed by atoms with E-state index in [2.05, 4.69) is 0 Å². The van der Waals surface area contributed by atoms with Crippen LogP contribution in [0.2, 0.25) is 0 Å². The minimum atomic E-state index is -2.27. The maximum atomic E-state index is 9.77. The van der Waals surface area contributed by atoms with Crippen molar-refractivity contribution in [2.75, 3.05) is 6.61 Å². The predicted molar refractivity (Wildman–Crippen MR) is 43.7 cm³/mol. The number of carboxylic acid groups (broad SMARTS) is 2. The van der Waals surface area contributed by atoms with Crippen molar-refractivity contribution < 1.29 is 40.6 Å². The third-order valence-electron chi connectivity index (χ3n) is 0.805. The number of hydrogen-bond acceptors (Lipinski definition) is 5. The maximum Gasteiger partial charge on any atom is 0.335 e. The molecule has 8 nitrogen and oxygen atoms in total. The van der Waals surface area contributed by atoms with Crippen molar-refractivity contribution in [3.8, 4) is 0 Å². The van der Waals surface area contributed by atoms with E-state index >= 15 is 0 Å². The average molecular weight is 214 g/mol. The summed E-state index contributed by atoms with van der Waals surface area (Å²) in [6.07, 6.45) is -4.53. The largest absolute Gasteiger partial charge is 0.479 e. The summed E-state index contributed by atoms with van der Waals surface area (Å²) < 4.78 is 0. The van der Waals surface area contributed by atoms with Crippen molar-refractivity contribution in [1.82, 2.24) is 0 Å². The number of aliphatic hydroxyl groups is 3. The Bertz CT molecular complexity index is 149. The molecule has 0 rings (SSSR count). The van der Waals surface area contributed by atoms with Gasteiger partial charge in [-0.2, -0.15) is 0 Å². The molecule has 0 spiro atoms. The zero-order valence-corrected chi connectivity index (χ0v) is 7.41. The molecule has 0 fully saturated rings. The lowest BCUT2D eigenvalue weighted by Gasteiger charge is -2.07. The number of aliphatic hydroxyl groups excluding tert-OH is 3. The Morgan fingerprint density at radius 3 is 1.29 bits per heavy atom. The molecule has 86 valence electrons. The highest BCUT2D eigenvalue weighted by Crippen LogP contribution is 1.92. The van der Waals surface area contributed by atoms with E-state index in [0.29, 0.717) is 0 Å². The molecular formula is C6H14O8. The van der Waals surface area contributed by atoms with Gasteiger partial charge in [-0.1, -0.05) is 0 Å². The maximum absolute atomic E-state index is 9.77. The number of carboxylic acids is 2. The molecule has 0 aromatic heterocycles. The van der Waals surface area contributed by atoms with E-state index in [0.717, 1.165) is 0 Å². The standard InChI is InChI=1S/C4H6O6.C2H6O.H2O/c5-1(3(7)8)2(6)4(9)10;1-2-3;/h1-2,5-6H,(H,7,8)(H,9,10);3H,2H2,1H3;1H2. The van der Waals surface area contributed by atoms with Crippen molar-refractivity contribution in [1.29, 1.82) is 0 Å². The summed E-state index contributed by atoms with van der Waals surface area (Å²) in [5, 5.41) is 40.1. The summed E-state index contributed by atoms with van der Waals surface area (Å²) in [4.78, 5) is 19.5. The van der Waals surface area contributed by atoms with Gasteiger partial charge in [0.2, 0.25) is 0 Å². The van der Waals surface area contributed by atoms with Crippen molar-refractivity contribution in [2.24, 2.45) is 0 Å². The Hall–Kier alpha value is -1.22. The smallest absolute Gasteiger partial charge is 0.335 e. The average Bonchev–Trinajstić information content (AvgIpc) is 2.03. The van der Waals surface area contributed by atoms with Crippen LogP contribution >= 0.6 is 0 Å². The van der Waals surface area contributed by atoms with E-state index in [4.69, 9.17) is 25.5 Å². The van der Waals surface area contributed by atoms with Crippen molar-refractivity contribution in [3.63, 3.8) is 0 Å². The second-order valence-corrected chi connectivity index (χ2v) is 1.88. The Labute approximate surface area is 79.3 Å². The van der Waals surface area contributed by atoms with Crippen LogP contribution in [0.3, 0.4) is 0 Å². The fourth-order valence-corrected chi connectivity index (χ4v) is 0.270. The molecule has 0 aliphatic carbocycles. The molecule has 0 aliphatic heterocycles. The van der Waals surface area contributed by atoms with Crippen LogP contribution in [0.4, 0.5) is 0 Å². The van der Waals surface area contributed by atoms with Gasteiger partial charge in [0.1, 0.15) is 0 Å². The molecule has 0 bridgehead atoms. The summed E-state index contributed by atoms with van der Waals surface area (Å²) >= 11 is 0. The summed E-state index contributed by atoms with van der Waals surface area (Å²) in [5.74, 6) is -3.54. The van der Waals surface area contributed by atoms with Crippen LogP contribution in [0.25, 0.3) is 0 Å². The second kappa shape index (κ2) is 9.86. The molecule has 8 heteroatoms. The monoisotopic (exact) mass is 214 g/mol. The fraction of sp³-hybridized carbons (Fsp3) is 0.667. The van der Waals surface area contributed by atoms with E-state index in [1.54, 1.807) is 6.92 Å². The van der Waals surface area contributed by atoms with Crippen LogP contribution in [0.15, 0.2) is 0 Å². The molecular weight excluding hydrogens is 200 g/mol. The molecule has 0 saturated heterocycles. The first-order chi connectivity index (χ1) is 5.88. The highest BCUT2D eigenvalue weighted by Gasteiger charge is 2.29. The Kier molecular flexibility index (Phi) is 13.1. The number of rotatable bonds is 3. The molecule has 0 heterocycles. The lowest BCUT2D eigenvalue weighted by atomic mass is 10.2. The van der Waals surface area contributed by atoms with Gasteiger partial charge in [0, 0.05) is 6.61 Å². The lowest BCUT2D eigenvalue weighted by Crippen LogP contribution is -2.39. The zero-order chi connectivity index (χ0) is 11.0. The van der Waals surface area contributed by atoms with Gasteiger partial charge in [0.15, 0.2) is 12.2 Å². The molecule has 0 saturated carbocycles. The first-order valence-corrected chi connectivity index (χ1v) is 3.31. The van der Waals surface area contributed by atoms with Gasteiger partial charge < -0.3 is 31.0 Å². The summed E-state index contributed by atoms with van der Waals surface area (Å²) in [5.41, 5.74) is 0. The Morgan fingerprint density at radius 2 is 1.21 bits per heavy atom. The van der Waals surface area contributed by atoms with Gasteiger partial charge in [0.05, 0.1) is 0 Å². The first kappa shape index (κ1) is 18.5. The quantitative estimate of drug-likeness (QED) is 0.334. The van der Waals surface area contributed by atoms with Crippen LogP contribution < -0.4 is 0 Å². The SMILES string of the molecule is CCO.O.O=C(O)C(O)C(O)C(=O)O. The minimum absolute atomic E-state index is 0. The second-order valence-electron chi connectivity index (χ2n) is 1.88. The zero-order valence-electron chi connectivity index (χ0n) is 7.41. The molecule has 2 atom stereocenters. The summed E-state index contributed by atoms with van der Waals surface area (Å²) in [6, 6.07) is 0. The number of hydrogen-bond donors (Lipinski definition) is 5. The van der Waals surface area contributed by atoms with Crippen LogP contribution in [-0.4, -0.2) is 61.8 Å². The molecule has 14 heavy (non-hydrogen) atoms. The van der Waals surface area contributed by atoms with E-state index in [-0.39, 0.29) is 12.1 Å². The Balaban J connectivity index is -0.000000267. The van der Waals surface area contributed by atoms with Gasteiger partial charge in [-0.15, -0.1) is 0 Å². The molecule has 0 amide bonds. The minimum Gasteiger partial charge on any atom is -0.479 e. The van der Waals surface area contributed by atoms with E-state index < -0.39 is 24.1 Å². The van der Waals surface area contributed by atoms with Crippen LogP contribution in [0, 0.1) is 0 Å². The van der Waals surface area contributed by atoms with E-state index in [9.17, 15) is 9.59 Å².